The van der Waals surface area contributed by atoms with Crippen molar-refractivity contribution >= 4 is 28.4 Å². The zero-order valence-corrected chi connectivity index (χ0v) is 17.7. The van der Waals surface area contributed by atoms with Gasteiger partial charge in [0.05, 0.1) is 18.4 Å². The van der Waals surface area contributed by atoms with Gasteiger partial charge in [-0.15, -0.1) is 0 Å². The first kappa shape index (κ1) is 22.0. The average molecular weight is 449 g/mol. The number of anilines is 1. The lowest BCUT2D eigenvalue weighted by atomic mass is 10.0. The molecule has 4 N–H and O–H groups in total. The number of nitrogens with two attached hydrogens (primary N) is 1. The van der Waals surface area contributed by atoms with Gasteiger partial charge in [0.15, 0.2) is 0 Å². The SMILES string of the molecule is COc1ccc(-c2[nH]c3ccccc3c2CCC(=O)Nc2cc(C(N)=O)c(F)cc2F)cc1. The number of hydrogen-bond acceptors (Lipinski definition) is 3. The highest BCUT2D eigenvalue weighted by atomic mass is 19.1. The maximum atomic E-state index is 14.1. The minimum Gasteiger partial charge on any atom is -0.497 e. The number of nitrogens with one attached hydrogen (secondary N) is 2. The molecule has 1 heterocycles. The van der Waals surface area contributed by atoms with Crippen molar-refractivity contribution in [2.75, 3.05) is 12.4 Å². The summed E-state index contributed by atoms with van der Waals surface area (Å²) in [5.41, 5.74) is 7.97. The number of fused-ring (bicyclic) bond motifs is 1. The highest BCUT2D eigenvalue weighted by Gasteiger charge is 2.18. The number of para-hydroxylation sites is 1. The summed E-state index contributed by atoms with van der Waals surface area (Å²) in [6.07, 6.45) is 0.399. The second kappa shape index (κ2) is 9.12. The third kappa shape index (κ3) is 4.55. The van der Waals surface area contributed by atoms with Crippen LogP contribution in [0.3, 0.4) is 0 Å². The molecule has 0 atom stereocenters. The Kier molecular flexibility index (Phi) is 6.08. The number of rotatable bonds is 7. The van der Waals surface area contributed by atoms with E-state index in [0.29, 0.717) is 12.5 Å². The van der Waals surface area contributed by atoms with E-state index in [1.54, 1.807) is 7.11 Å². The first-order valence-corrected chi connectivity index (χ1v) is 10.2. The number of amides is 2. The fraction of sp³-hybridized carbons (Fsp3) is 0.120. The molecule has 0 fully saturated rings. The van der Waals surface area contributed by atoms with E-state index in [-0.39, 0.29) is 12.1 Å². The van der Waals surface area contributed by atoms with Crippen LogP contribution in [0.15, 0.2) is 60.7 Å². The van der Waals surface area contributed by atoms with Gasteiger partial charge in [-0.1, -0.05) is 18.2 Å². The molecule has 4 rings (SSSR count). The average Bonchev–Trinajstić information content (AvgIpc) is 3.18. The Bertz CT molecular complexity index is 1350. The van der Waals surface area contributed by atoms with Crippen molar-refractivity contribution in [2.45, 2.75) is 12.8 Å². The van der Waals surface area contributed by atoms with Gasteiger partial charge in [0, 0.05) is 29.1 Å². The molecule has 0 unspecified atom stereocenters. The molecule has 0 radical (unpaired) electrons. The van der Waals surface area contributed by atoms with E-state index in [2.05, 4.69) is 10.3 Å². The second-order valence-electron chi connectivity index (χ2n) is 7.48. The number of primary amides is 1. The zero-order valence-electron chi connectivity index (χ0n) is 17.7. The Labute approximate surface area is 188 Å². The normalized spacial score (nSPS) is 10.9. The van der Waals surface area contributed by atoms with Gasteiger partial charge in [-0.25, -0.2) is 8.78 Å². The van der Waals surface area contributed by atoms with Crippen LogP contribution in [0.25, 0.3) is 22.2 Å². The first-order chi connectivity index (χ1) is 15.9. The van der Waals surface area contributed by atoms with Gasteiger partial charge in [0.1, 0.15) is 17.4 Å². The number of carbonyl (C=O) groups is 2. The van der Waals surface area contributed by atoms with Gasteiger partial charge in [-0.3, -0.25) is 9.59 Å². The summed E-state index contributed by atoms with van der Waals surface area (Å²) < 4.78 is 33.0. The number of hydrogen-bond donors (Lipinski definition) is 3. The summed E-state index contributed by atoms with van der Waals surface area (Å²) in [6, 6.07) is 16.7. The van der Waals surface area contributed by atoms with Crippen LogP contribution in [0.5, 0.6) is 5.75 Å². The van der Waals surface area contributed by atoms with Crippen LogP contribution in [-0.2, 0) is 11.2 Å². The highest BCUT2D eigenvalue weighted by Crippen LogP contribution is 2.32. The maximum Gasteiger partial charge on any atom is 0.251 e. The topological polar surface area (TPSA) is 97.2 Å². The van der Waals surface area contributed by atoms with E-state index >= 15 is 0 Å². The molecule has 3 aromatic carbocycles. The Morgan fingerprint density at radius 3 is 2.45 bits per heavy atom. The van der Waals surface area contributed by atoms with Crippen molar-refractivity contribution in [3.63, 3.8) is 0 Å². The van der Waals surface area contributed by atoms with Gasteiger partial charge < -0.3 is 20.8 Å². The summed E-state index contributed by atoms with van der Waals surface area (Å²) in [5, 5.41) is 3.37. The van der Waals surface area contributed by atoms with E-state index in [4.69, 9.17) is 10.5 Å². The third-order valence-electron chi connectivity index (χ3n) is 5.39. The van der Waals surface area contributed by atoms with Crippen molar-refractivity contribution in [1.29, 1.82) is 0 Å². The number of aromatic nitrogens is 1. The van der Waals surface area contributed by atoms with Gasteiger partial charge in [0.2, 0.25) is 5.91 Å². The molecular weight excluding hydrogens is 428 g/mol. The molecule has 33 heavy (non-hydrogen) atoms. The summed E-state index contributed by atoms with van der Waals surface area (Å²) in [4.78, 5) is 27.3. The van der Waals surface area contributed by atoms with Crippen molar-refractivity contribution in [1.82, 2.24) is 4.98 Å². The van der Waals surface area contributed by atoms with Crippen LogP contribution in [0.1, 0.15) is 22.3 Å². The molecular formula is C25H21F2N3O3. The zero-order chi connectivity index (χ0) is 23.5. The van der Waals surface area contributed by atoms with Crippen LogP contribution < -0.4 is 15.8 Å². The summed E-state index contributed by atoms with van der Waals surface area (Å²) in [6.45, 7) is 0. The Morgan fingerprint density at radius 2 is 1.76 bits per heavy atom. The Hall–Kier alpha value is -4.20. The molecule has 1 aromatic heterocycles. The van der Waals surface area contributed by atoms with Gasteiger partial charge in [-0.05, 0) is 53.9 Å². The number of ether oxygens (including phenoxy) is 1. The van der Waals surface area contributed by atoms with Gasteiger partial charge in [-0.2, -0.15) is 0 Å². The summed E-state index contributed by atoms with van der Waals surface area (Å²) in [5.74, 6) is -2.88. The molecule has 0 aliphatic rings. The Morgan fingerprint density at radius 1 is 1.03 bits per heavy atom. The fourth-order valence-electron chi connectivity index (χ4n) is 3.75. The van der Waals surface area contributed by atoms with E-state index in [1.807, 2.05) is 48.5 Å². The number of carbonyl (C=O) groups excluding carboxylic acids is 2. The molecule has 0 bridgehead atoms. The standard InChI is InChI=1S/C25H21F2N3O3/c1-33-15-8-6-14(7-9-15)24-17(16-4-2-3-5-21(16)30-24)10-11-23(31)29-22-12-18(25(28)32)19(26)13-20(22)27/h2-9,12-13,30H,10-11H2,1H3,(H2,28,32)(H,29,31). The van der Waals surface area contributed by atoms with E-state index < -0.39 is 29.0 Å². The molecule has 6 nitrogen and oxygen atoms in total. The third-order valence-corrected chi connectivity index (χ3v) is 5.39. The lowest BCUT2D eigenvalue weighted by molar-refractivity contribution is -0.116. The lowest BCUT2D eigenvalue weighted by Gasteiger charge is -2.10. The largest absolute Gasteiger partial charge is 0.497 e. The van der Waals surface area contributed by atoms with Crippen LogP contribution in [0.2, 0.25) is 0 Å². The molecule has 168 valence electrons. The van der Waals surface area contributed by atoms with Crippen molar-refractivity contribution in [3.05, 3.63) is 83.4 Å². The summed E-state index contributed by atoms with van der Waals surface area (Å²) in [7, 11) is 1.60. The van der Waals surface area contributed by atoms with Gasteiger partial charge >= 0.3 is 0 Å². The maximum absolute atomic E-state index is 14.1. The smallest absolute Gasteiger partial charge is 0.251 e. The molecule has 0 spiro atoms. The quantitative estimate of drug-likeness (QED) is 0.378. The van der Waals surface area contributed by atoms with Crippen molar-refractivity contribution < 1.29 is 23.1 Å². The van der Waals surface area contributed by atoms with Crippen LogP contribution in [-0.4, -0.2) is 23.9 Å². The monoisotopic (exact) mass is 449 g/mol. The molecule has 0 saturated heterocycles. The number of halogens is 2. The number of H-pyrrole nitrogens is 1. The summed E-state index contributed by atoms with van der Waals surface area (Å²) >= 11 is 0. The first-order valence-electron chi connectivity index (χ1n) is 10.2. The predicted molar refractivity (Wildman–Crippen MR) is 122 cm³/mol. The minimum absolute atomic E-state index is 0.0354. The van der Waals surface area contributed by atoms with Crippen molar-refractivity contribution in [2.24, 2.45) is 5.73 Å². The molecule has 8 heteroatoms. The van der Waals surface area contributed by atoms with Crippen LogP contribution in [0.4, 0.5) is 14.5 Å². The minimum atomic E-state index is -1.08. The van der Waals surface area contributed by atoms with E-state index in [9.17, 15) is 18.4 Å². The number of aromatic amines is 1. The van der Waals surface area contributed by atoms with Crippen molar-refractivity contribution in [3.8, 4) is 17.0 Å². The second-order valence-corrected chi connectivity index (χ2v) is 7.48. The Balaban J connectivity index is 1.59. The number of methoxy groups -OCH3 is 1. The predicted octanol–water partition coefficient (Wildman–Crippen LogP) is 4.79. The van der Waals surface area contributed by atoms with E-state index in [1.165, 1.54) is 0 Å². The van der Waals surface area contributed by atoms with Crippen LogP contribution in [0, 0.1) is 11.6 Å². The van der Waals surface area contributed by atoms with Gasteiger partial charge in [0.25, 0.3) is 5.91 Å². The molecule has 0 aliphatic heterocycles. The van der Waals surface area contributed by atoms with E-state index in [0.717, 1.165) is 39.5 Å². The number of aryl methyl sites for hydroxylation is 1. The molecule has 4 aromatic rings. The fourth-order valence-corrected chi connectivity index (χ4v) is 3.75. The number of benzene rings is 3. The van der Waals surface area contributed by atoms with Crippen LogP contribution >= 0.6 is 0 Å². The highest BCUT2D eigenvalue weighted by molar-refractivity contribution is 5.97. The lowest BCUT2D eigenvalue weighted by Crippen LogP contribution is -2.17. The molecule has 0 aliphatic carbocycles. The molecule has 0 saturated carbocycles. The molecule has 2 amide bonds.